The monoisotopic (exact) mass is 282 g/mol. The smallest absolute Gasteiger partial charge is 0.410 e. The number of hydrogen-bond acceptors (Lipinski definition) is 2. The van der Waals surface area contributed by atoms with Gasteiger partial charge in [0.05, 0.1) is 0 Å². The Morgan fingerprint density at radius 2 is 2.00 bits per heavy atom. The standard InChI is InChI=1S/C15H24NO2S/c1-6-7-8-12-11-13(19(4)5)9-10-14(12)18-15(17)16(2)3/h9-11H,6-8H2,1-5H3/q+1. The Kier molecular flexibility index (Phi) is 6.22. The average molecular weight is 282 g/mol. The number of benzene rings is 1. The fourth-order valence-electron chi connectivity index (χ4n) is 1.66. The molecule has 0 aromatic heterocycles. The molecule has 0 radical (unpaired) electrons. The molecular formula is C15H24NO2S+. The molecule has 0 saturated carbocycles. The van der Waals surface area contributed by atoms with Crippen LogP contribution in [0, 0.1) is 0 Å². The van der Waals surface area contributed by atoms with E-state index in [1.54, 1.807) is 14.1 Å². The van der Waals surface area contributed by atoms with E-state index in [-0.39, 0.29) is 17.0 Å². The van der Waals surface area contributed by atoms with Crippen LogP contribution in [0.5, 0.6) is 5.75 Å². The van der Waals surface area contributed by atoms with E-state index in [0.717, 1.165) is 24.8 Å². The van der Waals surface area contributed by atoms with Crippen molar-refractivity contribution in [1.29, 1.82) is 0 Å². The van der Waals surface area contributed by atoms with Crippen LogP contribution < -0.4 is 4.74 Å². The Morgan fingerprint density at radius 1 is 1.32 bits per heavy atom. The molecule has 0 N–H and O–H groups in total. The largest absolute Gasteiger partial charge is 0.414 e. The van der Waals surface area contributed by atoms with Crippen LogP contribution in [0.1, 0.15) is 25.3 Å². The first kappa shape index (κ1) is 15.9. The second-order valence-corrected chi connectivity index (χ2v) is 7.06. The Labute approximate surface area is 119 Å². The zero-order valence-corrected chi connectivity index (χ0v) is 13.3. The summed E-state index contributed by atoms with van der Waals surface area (Å²) in [6, 6.07) is 6.16. The molecule has 0 saturated heterocycles. The van der Waals surface area contributed by atoms with E-state index in [4.69, 9.17) is 4.74 Å². The van der Waals surface area contributed by atoms with Gasteiger partial charge in [-0.2, -0.15) is 0 Å². The quantitative estimate of drug-likeness (QED) is 0.775. The molecule has 0 atom stereocenters. The van der Waals surface area contributed by atoms with Crippen molar-refractivity contribution >= 4 is 17.0 Å². The van der Waals surface area contributed by atoms with Gasteiger partial charge in [0.25, 0.3) is 0 Å². The van der Waals surface area contributed by atoms with Crippen LogP contribution in [0.25, 0.3) is 0 Å². The van der Waals surface area contributed by atoms with Gasteiger partial charge in [0.2, 0.25) is 0 Å². The van der Waals surface area contributed by atoms with Gasteiger partial charge in [0.15, 0.2) is 4.90 Å². The zero-order valence-electron chi connectivity index (χ0n) is 12.5. The molecule has 19 heavy (non-hydrogen) atoms. The van der Waals surface area contributed by atoms with E-state index in [1.807, 2.05) is 6.07 Å². The highest BCUT2D eigenvalue weighted by molar-refractivity contribution is 7.95. The first-order valence-electron chi connectivity index (χ1n) is 6.55. The van der Waals surface area contributed by atoms with E-state index >= 15 is 0 Å². The minimum Gasteiger partial charge on any atom is -0.410 e. The number of carbonyl (C=O) groups excluding carboxylic acids is 1. The highest BCUT2D eigenvalue weighted by Crippen LogP contribution is 2.25. The molecule has 1 rings (SSSR count). The van der Waals surface area contributed by atoms with Crippen LogP contribution in [-0.4, -0.2) is 37.6 Å². The molecule has 0 spiro atoms. The van der Waals surface area contributed by atoms with Gasteiger partial charge in [-0.05, 0) is 30.5 Å². The predicted molar refractivity (Wildman–Crippen MR) is 82.2 cm³/mol. The highest BCUT2D eigenvalue weighted by atomic mass is 32.2. The van der Waals surface area contributed by atoms with Crippen LogP contribution in [0.4, 0.5) is 4.79 Å². The van der Waals surface area contributed by atoms with Gasteiger partial charge in [0, 0.05) is 31.1 Å². The fourth-order valence-corrected chi connectivity index (χ4v) is 2.38. The number of hydrogen-bond donors (Lipinski definition) is 0. The summed E-state index contributed by atoms with van der Waals surface area (Å²) < 4.78 is 5.43. The number of ether oxygens (including phenoxy) is 1. The molecule has 0 fully saturated rings. The third-order valence-corrected chi connectivity index (χ3v) is 4.06. The molecule has 1 aromatic rings. The van der Waals surface area contributed by atoms with Gasteiger partial charge in [-0.1, -0.05) is 13.3 Å². The van der Waals surface area contributed by atoms with Crippen molar-refractivity contribution in [2.75, 3.05) is 26.6 Å². The van der Waals surface area contributed by atoms with Crippen LogP contribution >= 0.6 is 0 Å². The Bertz CT molecular complexity index is 430. The highest BCUT2D eigenvalue weighted by Gasteiger charge is 2.15. The lowest BCUT2D eigenvalue weighted by Crippen LogP contribution is -2.25. The molecule has 0 aliphatic rings. The number of amides is 1. The summed E-state index contributed by atoms with van der Waals surface area (Å²) in [5, 5.41) is 0. The van der Waals surface area contributed by atoms with Crippen LogP contribution in [0.3, 0.4) is 0 Å². The summed E-state index contributed by atoms with van der Waals surface area (Å²) in [7, 11) is 3.61. The molecule has 0 aliphatic heterocycles. The maximum Gasteiger partial charge on any atom is 0.414 e. The van der Waals surface area contributed by atoms with E-state index in [1.165, 1.54) is 9.80 Å². The number of carbonyl (C=O) groups is 1. The first-order chi connectivity index (χ1) is 8.95. The van der Waals surface area contributed by atoms with Gasteiger partial charge in [0.1, 0.15) is 18.3 Å². The second-order valence-electron chi connectivity index (χ2n) is 4.95. The molecule has 1 aromatic carbocycles. The average Bonchev–Trinajstić information content (AvgIpc) is 2.37. The summed E-state index contributed by atoms with van der Waals surface area (Å²) in [5.74, 6) is 0.696. The molecule has 0 bridgehead atoms. The van der Waals surface area contributed by atoms with Crippen molar-refractivity contribution in [2.24, 2.45) is 0 Å². The lowest BCUT2D eigenvalue weighted by atomic mass is 10.1. The van der Waals surface area contributed by atoms with Crippen molar-refractivity contribution in [2.45, 2.75) is 31.1 Å². The van der Waals surface area contributed by atoms with Crippen LogP contribution in [-0.2, 0) is 17.3 Å². The molecule has 3 nitrogen and oxygen atoms in total. The summed E-state index contributed by atoms with van der Waals surface area (Å²) in [5.41, 5.74) is 1.13. The zero-order chi connectivity index (χ0) is 14.4. The Balaban J connectivity index is 2.97. The molecule has 1 amide bonds. The minimum atomic E-state index is -0.322. The normalized spacial score (nSPS) is 10.6. The Morgan fingerprint density at radius 3 is 2.53 bits per heavy atom. The third kappa shape index (κ3) is 4.78. The molecule has 0 heterocycles. The van der Waals surface area contributed by atoms with E-state index in [2.05, 4.69) is 31.6 Å². The number of rotatable bonds is 5. The molecule has 0 unspecified atom stereocenters. The summed E-state index contributed by atoms with van der Waals surface area (Å²) >= 11 is 0. The summed E-state index contributed by atoms with van der Waals surface area (Å²) in [6.07, 6.45) is 7.27. The molecule has 4 heteroatoms. The van der Waals surface area contributed by atoms with Gasteiger partial charge >= 0.3 is 6.09 Å². The van der Waals surface area contributed by atoms with Crippen molar-refractivity contribution in [1.82, 2.24) is 4.90 Å². The van der Waals surface area contributed by atoms with Crippen LogP contribution in [0.2, 0.25) is 0 Å². The summed E-state index contributed by atoms with van der Waals surface area (Å²) in [6.45, 7) is 2.17. The lowest BCUT2D eigenvalue weighted by molar-refractivity contribution is 0.171. The van der Waals surface area contributed by atoms with E-state index < -0.39 is 0 Å². The maximum absolute atomic E-state index is 11.7. The summed E-state index contributed by atoms with van der Waals surface area (Å²) in [4.78, 5) is 14.4. The topological polar surface area (TPSA) is 29.5 Å². The van der Waals surface area contributed by atoms with Gasteiger partial charge in [-0.15, -0.1) is 0 Å². The van der Waals surface area contributed by atoms with Crippen molar-refractivity contribution < 1.29 is 9.53 Å². The first-order valence-corrected chi connectivity index (χ1v) is 8.59. The van der Waals surface area contributed by atoms with Crippen molar-refractivity contribution in [3.63, 3.8) is 0 Å². The molecular weight excluding hydrogens is 258 g/mol. The van der Waals surface area contributed by atoms with Gasteiger partial charge in [-0.3, -0.25) is 0 Å². The van der Waals surface area contributed by atoms with Crippen LogP contribution in [0.15, 0.2) is 23.1 Å². The fraction of sp³-hybridized carbons (Fsp3) is 0.533. The van der Waals surface area contributed by atoms with Crippen molar-refractivity contribution in [3.05, 3.63) is 23.8 Å². The Hall–Kier alpha value is -1.16. The number of nitrogens with zero attached hydrogens (tertiary/aromatic N) is 1. The van der Waals surface area contributed by atoms with Gasteiger partial charge in [-0.25, -0.2) is 4.79 Å². The third-order valence-electron chi connectivity index (χ3n) is 2.87. The lowest BCUT2D eigenvalue weighted by Gasteiger charge is -2.14. The number of unbranched alkanes of at least 4 members (excludes halogenated alkanes) is 1. The van der Waals surface area contributed by atoms with E-state index in [9.17, 15) is 4.79 Å². The van der Waals surface area contributed by atoms with E-state index in [0.29, 0.717) is 5.75 Å². The molecule has 106 valence electrons. The molecule has 0 aliphatic carbocycles. The SMILES string of the molecule is CCCCc1cc([S+](C)C)ccc1OC(=O)N(C)C. The van der Waals surface area contributed by atoms with Gasteiger partial charge < -0.3 is 9.64 Å². The number of aryl methyl sites for hydroxylation is 1. The maximum atomic E-state index is 11.7. The van der Waals surface area contributed by atoms with Crippen molar-refractivity contribution in [3.8, 4) is 5.75 Å². The second kappa shape index (κ2) is 7.43. The minimum absolute atomic E-state index is 0.225. The predicted octanol–water partition coefficient (Wildman–Crippen LogP) is 3.33.